The number of carboxylic acids is 1. The van der Waals surface area contributed by atoms with Crippen LogP contribution in [0.4, 0.5) is 0 Å². The van der Waals surface area contributed by atoms with Crippen molar-refractivity contribution >= 4 is 5.97 Å². The molecule has 0 bridgehead atoms. The van der Waals surface area contributed by atoms with Crippen LogP contribution in [-0.2, 0) is 11.3 Å². The summed E-state index contributed by atoms with van der Waals surface area (Å²) in [5.74, 6) is -0.177. The highest BCUT2D eigenvalue weighted by Crippen LogP contribution is 2.24. The van der Waals surface area contributed by atoms with Gasteiger partial charge in [0.25, 0.3) is 0 Å². The number of aryl methyl sites for hydroxylation is 1. The third-order valence-electron chi connectivity index (χ3n) is 4.06. The molecule has 3 nitrogen and oxygen atoms in total. The van der Waals surface area contributed by atoms with E-state index in [4.69, 9.17) is 0 Å². The smallest absolute Gasteiger partial charge is 0.320 e. The first-order chi connectivity index (χ1) is 8.99. The van der Waals surface area contributed by atoms with Gasteiger partial charge >= 0.3 is 5.97 Å². The minimum Gasteiger partial charge on any atom is -0.480 e. The number of hydrogen-bond acceptors (Lipinski definition) is 2. The molecule has 2 rings (SSSR count). The normalized spacial score (nSPS) is 20.1. The molecule has 1 aliphatic heterocycles. The zero-order valence-electron chi connectivity index (χ0n) is 12.0. The molecule has 0 amide bonds. The van der Waals surface area contributed by atoms with Crippen LogP contribution in [0.15, 0.2) is 18.2 Å². The van der Waals surface area contributed by atoms with Gasteiger partial charge in [0.1, 0.15) is 6.04 Å². The van der Waals surface area contributed by atoms with E-state index in [1.165, 1.54) is 16.7 Å². The zero-order chi connectivity index (χ0) is 14.0. The Balaban J connectivity index is 2.18. The monoisotopic (exact) mass is 261 g/mol. The van der Waals surface area contributed by atoms with Crippen LogP contribution in [0.1, 0.15) is 49.3 Å². The second-order valence-electron chi connectivity index (χ2n) is 5.81. The summed E-state index contributed by atoms with van der Waals surface area (Å²) in [6.07, 6.45) is 1.76. The SMILES string of the molecule is Cc1ccc(C(C)C)cc1CN1CCCC1C(=O)O. The van der Waals surface area contributed by atoms with Crippen molar-refractivity contribution in [2.24, 2.45) is 0 Å². The molecule has 1 aromatic rings. The van der Waals surface area contributed by atoms with Crippen LogP contribution in [0.5, 0.6) is 0 Å². The van der Waals surface area contributed by atoms with Gasteiger partial charge in [-0.25, -0.2) is 0 Å². The van der Waals surface area contributed by atoms with E-state index in [1.54, 1.807) is 0 Å². The van der Waals surface area contributed by atoms with Crippen LogP contribution in [0, 0.1) is 6.92 Å². The second kappa shape index (κ2) is 5.74. The van der Waals surface area contributed by atoms with Crippen molar-refractivity contribution in [1.82, 2.24) is 4.90 Å². The van der Waals surface area contributed by atoms with Crippen molar-refractivity contribution in [3.63, 3.8) is 0 Å². The minimum atomic E-state index is -0.685. The topological polar surface area (TPSA) is 40.5 Å². The molecule has 104 valence electrons. The molecule has 0 spiro atoms. The largest absolute Gasteiger partial charge is 0.480 e. The Morgan fingerprint density at radius 3 is 2.84 bits per heavy atom. The summed E-state index contributed by atoms with van der Waals surface area (Å²) in [7, 11) is 0. The van der Waals surface area contributed by atoms with Crippen LogP contribution >= 0.6 is 0 Å². The Morgan fingerprint density at radius 1 is 1.47 bits per heavy atom. The molecule has 0 aromatic heterocycles. The van der Waals surface area contributed by atoms with Gasteiger partial charge in [-0.15, -0.1) is 0 Å². The van der Waals surface area contributed by atoms with Crippen LogP contribution in [0.2, 0.25) is 0 Å². The number of benzene rings is 1. The average Bonchev–Trinajstić information content (AvgIpc) is 2.80. The summed E-state index contributed by atoms with van der Waals surface area (Å²) >= 11 is 0. The maximum absolute atomic E-state index is 11.2. The van der Waals surface area contributed by atoms with E-state index in [-0.39, 0.29) is 6.04 Å². The fraction of sp³-hybridized carbons (Fsp3) is 0.562. The number of hydrogen-bond donors (Lipinski definition) is 1. The first-order valence-electron chi connectivity index (χ1n) is 7.05. The number of rotatable bonds is 4. The van der Waals surface area contributed by atoms with E-state index < -0.39 is 5.97 Å². The predicted molar refractivity (Wildman–Crippen MR) is 76.3 cm³/mol. The van der Waals surface area contributed by atoms with Crippen molar-refractivity contribution in [2.45, 2.75) is 52.1 Å². The predicted octanol–water partition coefficient (Wildman–Crippen LogP) is 3.17. The summed E-state index contributed by atoms with van der Waals surface area (Å²) in [5, 5.41) is 9.23. The van der Waals surface area contributed by atoms with Gasteiger partial charge in [0.15, 0.2) is 0 Å². The third-order valence-corrected chi connectivity index (χ3v) is 4.06. The van der Waals surface area contributed by atoms with Gasteiger partial charge in [-0.3, -0.25) is 9.69 Å². The van der Waals surface area contributed by atoms with Crippen molar-refractivity contribution in [3.8, 4) is 0 Å². The first-order valence-corrected chi connectivity index (χ1v) is 7.05. The van der Waals surface area contributed by atoms with Crippen molar-refractivity contribution < 1.29 is 9.90 Å². The quantitative estimate of drug-likeness (QED) is 0.905. The molecule has 0 aliphatic carbocycles. The Bertz CT molecular complexity index is 468. The van der Waals surface area contributed by atoms with E-state index in [0.717, 1.165) is 25.9 Å². The Morgan fingerprint density at radius 2 is 2.21 bits per heavy atom. The molecule has 0 saturated carbocycles. The Labute approximate surface area is 115 Å². The van der Waals surface area contributed by atoms with Crippen LogP contribution < -0.4 is 0 Å². The molecule has 1 fully saturated rings. The van der Waals surface area contributed by atoms with Gasteiger partial charge in [-0.05, 0) is 48.9 Å². The summed E-state index contributed by atoms with van der Waals surface area (Å²) in [4.78, 5) is 13.3. The molecular weight excluding hydrogens is 238 g/mol. The first kappa shape index (κ1) is 14.1. The number of carbonyl (C=O) groups is 1. The van der Waals surface area contributed by atoms with Crippen LogP contribution in [0.3, 0.4) is 0 Å². The van der Waals surface area contributed by atoms with E-state index in [9.17, 15) is 9.90 Å². The highest BCUT2D eigenvalue weighted by atomic mass is 16.4. The van der Waals surface area contributed by atoms with Gasteiger partial charge < -0.3 is 5.11 Å². The van der Waals surface area contributed by atoms with E-state index >= 15 is 0 Å². The summed E-state index contributed by atoms with van der Waals surface area (Å²) in [5.41, 5.74) is 3.84. The molecule has 1 atom stereocenters. The molecule has 19 heavy (non-hydrogen) atoms. The Hall–Kier alpha value is -1.35. The maximum atomic E-state index is 11.2. The molecule has 1 saturated heterocycles. The molecule has 0 radical (unpaired) electrons. The maximum Gasteiger partial charge on any atom is 0.320 e. The van der Waals surface area contributed by atoms with Gasteiger partial charge in [0.2, 0.25) is 0 Å². The fourth-order valence-electron chi connectivity index (χ4n) is 2.73. The van der Waals surface area contributed by atoms with Crippen molar-refractivity contribution in [1.29, 1.82) is 0 Å². The van der Waals surface area contributed by atoms with E-state index in [1.807, 2.05) is 0 Å². The van der Waals surface area contributed by atoms with Crippen LogP contribution in [0.25, 0.3) is 0 Å². The summed E-state index contributed by atoms with van der Waals surface area (Å²) in [6.45, 7) is 8.12. The molecular formula is C16H23NO2. The molecule has 1 N–H and O–H groups in total. The highest BCUT2D eigenvalue weighted by molar-refractivity contribution is 5.73. The highest BCUT2D eigenvalue weighted by Gasteiger charge is 2.30. The lowest BCUT2D eigenvalue weighted by Crippen LogP contribution is -2.35. The number of likely N-dealkylation sites (tertiary alicyclic amines) is 1. The van der Waals surface area contributed by atoms with Crippen molar-refractivity contribution in [2.75, 3.05) is 6.54 Å². The van der Waals surface area contributed by atoms with Crippen molar-refractivity contribution in [3.05, 3.63) is 34.9 Å². The lowest BCUT2D eigenvalue weighted by Gasteiger charge is -2.22. The molecule has 1 unspecified atom stereocenters. The third kappa shape index (κ3) is 3.16. The van der Waals surface area contributed by atoms with Gasteiger partial charge in [0.05, 0.1) is 0 Å². The summed E-state index contributed by atoms with van der Waals surface area (Å²) < 4.78 is 0. The van der Waals surface area contributed by atoms with E-state index in [0.29, 0.717) is 5.92 Å². The number of aliphatic carboxylic acids is 1. The second-order valence-corrected chi connectivity index (χ2v) is 5.81. The average molecular weight is 261 g/mol. The fourth-order valence-corrected chi connectivity index (χ4v) is 2.73. The molecule has 1 aromatic carbocycles. The number of nitrogens with zero attached hydrogens (tertiary/aromatic N) is 1. The van der Waals surface area contributed by atoms with Crippen LogP contribution in [-0.4, -0.2) is 28.6 Å². The molecule has 1 aliphatic rings. The van der Waals surface area contributed by atoms with E-state index in [2.05, 4.69) is 43.9 Å². The standard InChI is InChI=1S/C16H23NO2/c1-11(2)13-7-6-12(3)14(9-13)10-17-8-4-5-15(17)16(18)19/h6-7,9,11,15H,4-5,8,10H2,1-3H3,(H,18,19). The molecule has 3 heteroatoms. The minimum absolute atomic E-state index is 0.304. The number of carboxylic acid groups (broad SMARTS) is 1. The lowest BCUT2D eigenvalue weighted by atomic mass is 9.97. The summed E-state index contributed by atoms with van der Waals surface area (Å²) in [6, 6.07) is 6.25. The van der Waals surface area contributed by atoms with Gasteiger partial charge in [-0.1, -0.05) is 32.0 Å². The van der Waals surface area contributed by atoms with Gasteiger partial charge in [0, 0.05) is 6.54 Å². The zero-order valence-corrected chi connectivity index (χ0v) is 12.0. The Kier molecular flexibility index (Phi) is 4.25. The molecule has 1 heterocycles. The van der Waals surface area contributed by atoms with Gasteiger partial charge in [-0.2, -0.15) is 0 Å². The lowest BCUT2D eigenvalue weighted by molar-refractivity contribution is -0.142.